The van der Waals surface area contributed by atoms with Gasteiger partial charge in [-0.15, -0.1) is 0 Å². The van der Waals surface area contributed by atoms with E-state index >= 15 is 0 Å². The molecule has 2 rings (SSSR count). The van der Waals surface area contributed by atoms with E-state index in [1.807, 2.05) is 67.6 Å². The fourth-order valence-corrected chi connectivity index (χ4v) is 2.06. The Bertz CT molecular complexity index is 666. The quantitative estimate of drug-likeness (QED) is 0.879. The summed E-state index contributed by atoms with van der Waals surface area (Å²) < 4.78 is 10.5. The monoisotopic (exact) mass is 311 g/mol. The first-order valence-electron chi connectivity index (χ1n) is 7.45. The Labute approximate surface area is 136 Å². The third-order valence-electron chi connectivity index (χ3n) is 3.26. The molecule has 1 N–H and O–H groups in total. The number of alkyl carbamates (subject to hydrolysis) is 1. The van der Waals surface area contributed by atoms with Crippen LogP contribution in [0.5, 0.6) is 5.75 Å². The minimum absolute atomic E-state index is 0.266. The van der Waals surface area contributed by atoms with Crippen molar-refractivity contribution in [2.75, 3.05) is 13.7 Å². The summed E-state index contributed by atoms with van der Waals surface area (Å²) in [7, 11) is 1.64. The minimum atomic E-state index is -0.436. The fourth-order valence-electron chi connectivity index (χ4n) is 2.06. The van der Waals surface area contributed by atoms with Gasteiger partial charge in [-0.25, -0.2) is 4.79 Å². The van der Waals surface area contributed by atoms with Gasteiger partial charge in [0, 0.05) is 12.1 Å². The zero-order valence-corrected chi connectivity index (χ0v) is 13.4. The lowest BCUT2D eigenvalue weighted by atomic mass is 10.1. The van der Waals surface area contributed by atoms with Gasteiger partial charge in [0.05, 0.1) is 7.11 Å². The molecule has 0 heterocycles. The molecule has 0 aliphatic carbocycles. The van der Waals surface area contributed by atoms with Gasteiger partial charge in [-0.05, 0) is 24.1 Å². The van der Waals surface area contributed by atoms with Crippen molar-refractivity contribution in [1.29, 1.82) is 0 Å². The van der Waals surface area contributed by atoms with Crippen molar-refractivity contribution in [2.24, 2.45) is 0 Å². The summed E-state index contributed by atoms with van der Waals surface area (Å²) in [6.07, 6.45) is 3.33. The summed E-state index contributed by atoms with van der Waals surface area (Å²) in [5.74, 6) is 0.813. The molecule has 4 nitrogen and oxygen atoms in total. The van der Waals surface area contributed by atoms with Crippen LogP contribution >= 0.6 is 0 Å². The van der Waals surface area contributed by atoms with Crippen LogP contribution < -0.4 is 10.1 Å². The molecule has 2 aromatic carbocycles. The fraction of sp³-hybridized carbons (Fsp3) is 0.211. The second kappa shape index (κ2) is 8.63. The number of nitrogens with one attached hydrogen (secondary N) is 1. The first kappa shape index (κ1) is 16.6. The van der Waals surface area contributed by atoms with E-state index in [0.29, 0.717) is 6.54 Å². The Kier molecular flexibility index (Phi) is 6.24. The molecule has 0 radical (unpaired) electrons. The highest BCUT2D eigenvalue weighted by atomic mass is 16.5. The van der Waals surface area contributed by atoms with Gasteiger partial charge in [0.2, 0.25) is 0 Å². The van der Waals surface area contributed by atoms with E-state index in [1.54, 1.807) is 7.11 Å². The summed E-state index contributed by atoms with van der Waals surface area (Å²) in [6, 6.07) is 15.5. The van der Waals surface area contributed by atoms with Gasteiger partial charge in [0.25, 0.3) is 0 Å². The van der Waals surface area contributed by atoms with Crippen molar-refractivity contribution in [2.45, 2.75) is 13.5 Å². The number of carbonyl (C=O) groups is 1. The first-order chi connectivity index (χ1) is 11.2. The second-order valence-corrected chi connectivity index (χ2v) is 5.09. The molecular formula is C19H21NO3. The van der Waals surface area contributed by atoms with E-state index in [2.05, 4.69) is 5.32 Å². The molecule has 0 spiro atoms. The topological polar surface area (TPSA) is 47.6 Å². The standard InChI is InChI=1S/C19H21NO3/c1-15-10-11-17(18(13-15)22-2)9-6-12-20-19(21)23-14-16-7-4-3-5-8-16/h3-11,13H,12,14H2,1-2H3,(H,20,21). The number of amides is 1. The van der Waals surface area contributed by atoms with Crippen molar-refractivity contribution in [1.82, 2.24) is 5.32 Å². The number of rotatable bonds is 6. The van der Waals surface area contributed by atoms with Crippen molar-refractivity contribution < 1.29 is 14.3 Å². The molecule has 0 aliphatic heterocycles. The summed E-state index contributed by atoms with van der Waals surface area (Å²) in [5, 5.41) is 2.68. The normalized spacial score (nSPS) is 10.5. The van der Waals surface area contributed by atoms with Gasteiger partial charge in [0.15, 0.2) is 0 Å². The number of aryl methyl sites for hydroxylation is 1. The van der Waals surface area contributed by atoms with E-state index in [-0.39, 0.29) is 6.61 Å². The van der Waals surface area contributed by atoms with Crippen LogP contribution in [-0.4, -0.2) is 19.7 Å². The van der Waals surface area contributed by atoms with E-state index in [9.17, 15) is 4.79 Å². The maximum atomic E-state index is 11.6. The maximum Gasteiger partial charge on any atom is 0.407 e. The van der Waals surface area contributed by atoms with E-state index in [0.717, 1.165) is 22.4 Å². The molecule has 23 heavy (non-hydrogen) atoms. The Morgan fingerprint density at radius 1 is 1.17 bits per heavy atom. The molecule has 2 aromatic rings. The third-order valence-corrected chi connectivity index (χ3v) is 3.26. The maximum absolute atomic E-state index is 11.6. The Balaban J connectivity index is 1.77. The largest absolute Gasteiger partial charge is 0.496 e. The number of ether oxygens (including phenoxy) is 2. The summed E-state index contributed by atoms with van der Waals surface area (Å²) >= 11 is 0. The second-order valence-electron chi connectivity index (χ2n) is 5.09. The van der Waals surface area contributed by atoms with Gasteiger partial charge < -0.3 is 14.8 Å². The molecule has 0 aliphatic rings. The Morgan fingerprint density at radius 2 is 1.96 bits per heavy atom. The van der Waals surface area contributed by atoms with Crippen LogP contribution in [0.15, 0.2) is 54.6 Å². The third kappa shape index (κ3) is 5.51. The van der Waals surface area contributed by atoms with Crippen LogP contribution in [0.3, 0.4) is 0 Å². The van der Waals surface area contributed by atoms with E-state index in [1.165, 1.54) is 0 Å². The number of carbonyl (C=O) groups excluding carboxylic acids is 1. The molecule has 0 saturated heterocycles. The molecule has 120 valence electrons. The molecule has 0 unspecified atom stereocenters. The zero-order chi connectivity index (χ0) is 16.5. The molecule has 1 amide bonds. The summed E-state index contributed by atoms with van der Waals surface area (Å²) in [5.41, 5.74) is 3.07. The number of hydrogen-bond acceptors (Lipinski definition) is 3. The van der Waals surface area contributed by atoms with Crippen LogP contribution in [0.1, 0.15) is 16.7 Å². The Morgan fingerprint density at radius 3 is 2.70 bits per heavy atom. The SMILES string of the molecule is COc1cc(C)ccc1C=CCNC(=O)OCc1ccccc1. The molecule has 0 aromatic heterocycles. The van der Waals surface area contributed by atoms with Gasteiger partial charge in [0.1, 0.15) is 12.4 Å². The van der Waals surface area contributed by atoms with Crippen molar-refractivity contribution >= 4 is 12.2 Å². The lowest BCUT2D eigenvalue weighted by molar-refractivity contribution is 0.141. The lowest BCUT2D eigenvalue weighted by Gasteiger charge is -2.06. The summed E-state index contributed by atoms with van der Waals surface area (Å²) in [6.45, 7) is 2.67. The van der Waals surface area contributed by atoms with Crippen LogP contribution in [0.25, 0.3) is 6.08 Å². The average Bonchev–Trinajstić information content (AvgIpc) is 2.58. The molecule has 0 atom stereocenters. The molecule has 0 bridgehead atoms. The van der Waals surface area contributed by atoms with Crippen molar-refractivity contribution in [3.05, 3.63) is 71.3 Å². The van der Waals surface area contributed by atoms with Gasteiger partial charge in [-0.2, -0.15) is 0 Å². The minimum Gasteiger partial charge on any atom is -0.496 e. The molecular weight excluding hydrogens is 290 g/mol. The first-order valence-corrected chi connectivity index (χ1v) is 7.45. The lowest BCUT2D eigenvalue weighted by Crippen LogP contribution is -2.24. The molecule has 0 fully saturated rings. The summed E-state index contributed by atoms with van der Waals surface area (Å²) in [4.78, 5) is 11.6. The average molecular weight is 311 g/mol. The molecule has 4 heteroatoms. The van der Waals surface area contributed by atoms with Crippen LogP contribution in [-0.2, 0) is 11.3 Å². The highest BCUT2D eigenvalue weighted by Gasteiger charge is 2.01. The predicted octanol–water partition coefficient (Wildman–Crippen LogP) is 3.94. The van der Waals surface area contributed by atoms with E-state index in [4.69, 9.17) is 9.47 Å². The predicted molar refractivity (Wildman–Crippen MR) is 91.4 cm³/mol. The van der Waals surface area contributed by atoms with Crippen molar-refractivity contribution in [3.8, 4) is 5.75 Å². The van der Waals surface area contributed by atoms with E-state index < -0.39 is 6.09 Å². The highest BCUT2D eigenvalue weighted by Crippen LogP contribution is 2.20. The Hall–Kier alpha value is -2.75. The van der Waals surface area contributed by atoms with Gasteiger partial charge in [-0.3, -0.25) is 0 Å². The van der Waals surface area contributed by atoms with Crippen LogP contribution in [0.2, 0.25) is 0 Å². The number of hydrogen-bond donors (Lipinski definition) is 1. The zero-order valence-electron chi connectivity index (χ0n) is 13.4. The highest BCUT2D eigenvalue weighted by molar-refractivity contribution is 5.67. The van der Waals surface area contributed by atoms with Crippen molar-refractivity contribution in [3.63, 3.8) is 0 Å². The van der Waals surface area contributed by atoms with Crippen LogP contribution in [0.4, 0.5) is 4.79 Å². The van der Waals surface area contributed by atoms with Gasteiger partial charge >= 0.3 is 6.09 Å². The van der Waals surface area contributed by atoms with Crippen LogP contribution in [0, 0.1) is 6.92 Å². The smallest absolute Gasteiger partial charge is 0.407 e. The molecule has 0 saturated carbocycles. The number of methoxy groups -OCH3 is 1. The van der Waals surface area contributed by atoms with Gasteiger partial charge in [-0.1, -0.05) is 54.6 Å². The number of benzene rings is 2.